The molecule has 0 radical (unpaired) electrons. The van der Waals surface area contributed by atoms with Crippen LogP contribution in [0.3, 0.4) is 0 Å². The van der Waals surface area contributed by atoms with Crippen molar-refractivity contribution in [3.63, 3.8) is 0 Å². The first-order valence-electron chi connectivity index (χ1n) is 7.48. The molecule has 0 atom stereocenters. The predicted molar refractivity (Wildman–Crippen MR) is 88.9 cm³/mol. The summed E-state index contributed by atoms with van der Waals surface area (Å²) in [5.74, 6) is -0.388. The number of amides is 1. The van der Waals surface area contributed by atoms with Gasteiger partial charge in [-0.3, -0.25) is 4.79 Å². The molecule has 0 heterocycles. The van der Waals surface area contributed by atoms with Crippen LogP contribution in [-0.2, 0) is 21.4 Å². The molecule has 0 aromatic heterocycles. The fourth-order valence-corrected chi connectivity index (χ4v) is 2.75. The molecule has 0 unspecified atom stereocenters. The Labute approximate surface area is 133 Å². The van der Waals surface area contributed by atoms with Crippen molar-refractivity contribution in [3.8, 4) is 0 Å². The summed E-state index contributed by atoms with van der Waals surface area (Å²) < 4.78 is 27.4. The first kappa shape index (κ1) is 18.6. The molecule has 0 saturated heterocycles. The van der Waals surface area contributed by atoms with Crippen LogP contribution in [0.5, 0.6) is 0 Å². The van der Waals surface area contributed by atoms with Crippen LogP contribution < -0.4 is 10.0 Å². The summed E-state index contributed by atoms with van der Waals surface area (Å²) >= 11 is 0. The van der Waals surface area contributed by atoms with E-state index >= 15 is 0 Å². The van der Waals surface area contributed by atoms with Gasteiger partial charge < -0.3 is 5.32 Å². The molecule has 124 valence electrons. The van der Waals surface area contributed by atoms with Crippen LogP contribution in [0.25, 0.3) is 0 Å². The van der Waals surface area contributed by atoms with E-state index in [1.165, 1.54) is 11.4 Å². The molecule has 0 saturated carbocycles. The largest absolute Gasteiger partial charge is 0.325 e. The number of carbonyl (C=O) groups is 1. The topological polar surface area (TPSA) is 78.5 Å². The number of nitrogens with zero attached hydrogens (tertiary/aromatic N) is 1. The Hall–Kier alpha value is -1.44. The average molecular weight is 327 g/mol. The molecule has 2 N–H and O–H groups in total. The molecule has 0 spiro atoms. The highest BCUT2D eigenvalue weighted by molar-refractivity contribution is 7.87. The number of rotatable bonds is 9. The molecule has 1 aromatic carbocycles. The van der Waals surface area contributed by atoms with E-state index in [1.807, 2.05) is 32.0 Å². The molecule has 1 aromatic rings. The third-order valence-corrected chi connectivity index (χ3v) is 4.78. The van der Waals surface area contributed by atoms with Crippen LogP contribution >= 0.6 is 0 Å². The highest BCUT2D eigenvalue weighted by Gasteiger charge is 2.17. The van der Waals surface area contributed by atoms with Crippen molar-refractivity contribution in [2.45, 2.75) is 33.1 Å². The molecular formula is C15H25N3O3S. The highest BCUT2D eigenvalue weighted by atomic mass is 32.2. The number of carbonyl (C=O) groups excluding carboxylic acids is 1. The van der Waals surface area contributed by atoms with Crippen LogP contribution in [0, 0.1) is 0 Å². The van der Waals surface area contributed by atoms with Gasteiger partial charge in [-0.15, -0.1) is 0 Å². The van der Waals surface area contributed by atoms with Crippen molar-refractivity contribution in [2.75, 3.05) is 25.5 Å². The molecule has 0 fully saturated rings. The van der Waals surface area contributed by atoms with Gasteiger partial charge in [-0.1, -0.05) is 32.4 Å². The molecule has 6 nitrogen and oxygen atoms in total. The summed E-state index contributed by atoms with van der Waals surface area (Å²) in [5, 5.41) is 2.69. The quantitative estimate of drug-likeness (QED) is 0.725. The fourth-order valence-electron chi connectivity index (χ4n) is 1.84. The number of benzene rings is 1. The van der Waals surface area contributed by atoms with E-state index in [2.05, 4.69) is 10.0 Å². The molecule has 0 aliphatic heterocycles. The van der Waals surface area contributed by atoms with Crippen LogP contribution in [0.1, 0.15) is 32.3 Å². The second-order valence-electron chi connectivity index (χ2n) is 5.10. The zero-order chi connectivity index (χ0) is 16.6. The minimum atomic E-state index is -3.61. The molecule has 7 heteroatoms. The highest BCUT2D eigenvalue weighted by Crippen LogP contribution is 2.10. The van der Waals surface area contributed by atoms with Crippen molar-refractivity contribution in [3.05, 3.63) is 29.8 Å². The zero-order valence-corrected chi connectivity index (χ0v) is 14.2. The molecule has 1 rings (SSSR count). The van der Waals surface area contributed by atoms with Crippen molar-refractivity contribution in [1.29, 1.82) is 0 Å². The second-order valence-corrected chi connectivity index (χ2v) is 6.97. The lowest BCUT2D eigenvalue weighted by Crippen LogP contribution is -2.42. The number of aryl methyl sites for hydroxylation is 1. The Balaban J connectivity index is 2.51. The normalized spacial score (nSPS) is 11.6. The Morgan fingerprint density at radius 2 is 2.00 bits per heavy atom. The molecule has 0 aliphatic rings. The van der Waals surface area contributed by atoms with E-state index in [1.54, 1.807) is 6.07 Å². The van der Waals surface area contributed by atoms with Crippen molar-refractivity contribution < 1.29 is 13.2 Å². The molecule has 0 aliphatic carbocycles. The van der Waals surface area contributed by atoms with Crippen LogP contribution in [0.15, 0.2) is 24.3 Å². The van der Waals surface area contributed by atoms with Gasteiger partial charge in [-0.05, 0) is 30.5 Å². The smallest absolute Gasteiger partial charge is 0.279 e. The Morgan fingerprint density at radius 1 is 1.27 bits per heavy atom. The maximum Gasteiger partial charge on any atom is 0.279 e. The SMILES string of the molecule is CCCCN(C)S(=O)(=O)NCC(=O)Nc1cccc(CC)c1. The molecule has 0 bridgehead atoms. The summed E-state index contributed by atoms with van der Waals surface area (Å²) in [6, 6.07) is 7.48. The van der Waals surface area contributed by atoms with Gasteiger partial charge in [0.1, 0.15) is 0 Å². The van der Waals surface area contributed by atoms with Crippen LogP contribution in [0.2, 0.25) is 0 Å². The lowest BCUT2D eigenvalue weighted by atomic mass is 10.1. The summed E-state index contributed by atoms with van der Waals surface area (Å²) in [6.45, 7) is 4.17. The third-order valence-electron chi connectivity index (χ3n) is 3.27. The van der Waals surface area contributed by atoms with E-state index in [0.29, 0.717) is 12.2 Å². The van der Waals surface area contributed by atoms with Crippen LogP contribution in [-0.4, -0.2) is 38.8 Å². The van der Waals surface area contributed by atoms with Gasteiger partial charge in [-0.25, -0.2) is 0 Å². The Morgan fingerprint density at radius 3 is 2.64 bits per heavy atom. The van der Waals surface area contributed by atoms with E-state index in [0.717, 1.165) is 24.8 Å². The third kappa shape index (κ3) is 6.13. The maximum atomic E-state index is 11.9. The predicted octanol–water partition coefficient (Wildman–Crippen LogP) is 1.75. The monoisotopic (exact) mass is 327 g/mol. The second kappa shape index (κ2) is 8.87. The number of nitrogens with one attached hydrogen (secondary N) is 2. The van der Waals surface area contributed by atoms with Gasteiger partial charge in [0, 0.05) is 19.3 Å². The molecule has 22 heavy (non-hydrogen) atoms. The first-order valence-corrected chi connectivity index (χ1v) is 8.92. The van der Waals surface area contributed by atoms with Gasteiger partial charge in [0.2, 0.25) is 5.91 Å². The van der Waals surface area contributed by atoms with E-state index in [4.69, 9.17) is 0 Å². The summed E-state index contributed by atoms with van der Waals surface area (Å²) in [5.41, 5.74) is 1.78. The van der Waals surface area contributed by atoms with E-state index in [9.17, 15) is 13.2 Å². The zero-order valence-electron chi connectivity index (χ0n) is 13.4. The van der Waals surface area contributed by atoms with Gasteiger partial charge in [-0.2, -0.15) is 17.4 Å². The van der Waals surface area contributed by atoms with Gasteiger partial charge in [0.05, 0.1) is 6.54 Å². The lowest BCUT2D eigenvalue weighted by Gasteiger charge is -2.17. The lowest BCUT2D eigenvalue weighted by molar-refractivity contribution is -0.115. The van der Waals surface area contributed by atoms with E-state index < -0.39 is 10.2 Å². The van der Waals surface area contributed by atoms with E-state index in [-0.39, 0.29) is 12.5 Å². The van der Waals surface area contributed by atoms with Crippen molar-refractivity contribution in [1.82, 2.24) is 9.03 Å². The van der Waals surface area contributed by atoms with Crippen LogP contribution in [0.4, 0.5) is 5.69 Å². The average Bonchev–Trinajstić information content (AvgIpc) is 2.50. The number of unbranched alkanes of at least 4 members (excludes halogenated alkanes) is 1. The standard InChI is InChI=1S/C15H25N3O3S/c1-4-6-10-18(3)22(20,21)16-12-15(19)17-14-9-7-8-13(5-2)11-14/h7-9,11,16H,4-6,10,12H2,1-3H3,(H,17,19). The maximum absolute atomic E-state index is 11.9. The minimum Gasteiger partial charge on any atom is -0.325 e. The fraction of sp³-hybridized carbons (Fsp3) is 0.533. The summed E-state index contributed by atoms with van der Waals surface area (Å²) in [4.78, 5) is 11.8. The van der Waals surface area contributed by atoms with Gasteiger partial charge >= 0.3 is 0 Å². The number of hydrogen-bond acceptors (Lipinski definition) is 3. The summed E-state index contributed by atoms with van der Waals surface area (Å²) in [7, 11) is -2.11. The van der Waals surface area contributed by atoms with Crippen molar-refractivity contribution >= 4 is 21.8 Å². The Bertz CT molecular complexity index is 587. The first-order chi connectivity index (χ1) is 10.4. The molecule has 1 amide bonds. The minimum absolute atomic E-state index is 0.283. The Kier molecular flexibility index (Phi) is 7.50. The van der Waals surface area contributed by atoms with Crippen molar-refractivity contribution in [2.24, 2.45) is 0 Å². The number of anilines is 1. The molecular weight excluding hydrogens is 302 g/mol. The summed E-state index contributed by atoms with van der Waals surface area (Å²) in [6.07, 6.45) is 2.57. The number of hydrogen-bond donors (Lipinski definition) is 2. The van der Waals surface area contributed by atoms with Gasteiger partial charge in [0.15, 0.2) is 0 Å². The van der Waals surface area contributed by atoms with Gasteiger partial charge in [0.25, 0.3) is 10.2 Å².